The molecule has 6 heteroatoms. The first-order chi connectivity index (χ1) is 11.6. The Morgan fingerprint density at radius 3 is 2.67 bits per heavy atom. The Balaban J connectivity index is 1.66. The number of morpholine rings is 1. The molecule has 1 aromatic carbocycles. The SMILES string of the molecule is CC1CN(C(=O)c2ccccc2SCC(=O)N2CCCC2)CCO1. The first-order valence-corrected chi connectivity index (χ1v) is 9.54. The van der Waals surface area contributed by atoms with Crippen LogP contribution in [0.4, 0.5) is 0 Å². The predicted molar refractivity (Wildman–Crippen MR) is 94.3 cm³/mol. The largest absolute Gasteiger partial charge is 0.375 e. The number of thioether (sulfide) groups is 1. The Labute approximate surface area is 147 Å². The molecule has 3 rings (SSSR count). The third kappa shape index (κ3) is 4.11. The number of amides is 2. The lowest BCUT2D eigenvalue weighted by Crippen LogP contribution is -2.44. The monoisotopic (exact) mass is 348 g/mol. The summed E-state index contributed by atoms with van der Waals surface area (Å²) in [5.74, 6) is 0.589. The Hall–Kier alpha value is -1.53. The van der Waals surface area contributed by atoms with Gasteiger partial charge in [0.1, 0.15) is 0 Å². The van der Waals surface area contributed by atoms with E-state index in [0.29, 0.717) is 31.0 Å². The molecule has 0 radical (unpaired) electrons. The first-order valence-electron chi connectivity index (χ1n) is 8.55. The maximum atomic E-state index is 12.8. The summed E-state index contributed by atoms with van der Waals surface area (Å²) in [5, 5.41) is 0. The van der Waals surface area contributed by atoms with E-state index in [1.807, 2.05) is 41.0 Å². The smallest absolute Gasteiger partial charge is 0.255 e. The van der Waals surface area contributed by atoms with Gasteiger partial charge in [-0.05, 0) is 31.9 Å². The topological polar surface area (TPSA) is 49.9 Å². The highest BCUT2D eigenvalue weighted by Crippen LogP contribution is 2.25. The van der Waals surface area contributed by atoms with Crippen molar-refractivity contribution >= 4 is 23.6 Å². The lowest BCUT2D eigenvalue weighted by molar-refractivity contribution is -0.127. The van der Waals surface area contributed by atoms with Gasteiger partial charge in [0, 0.05) is 31.1 Å². The predicted octanol–water partition coefficient (Wildman–Crippen LogP) is 2.26. The third-order valence-electron chi connectivity index (χ3n) is 4.46. The van der Waals surface area contributed by atoms with E-state index in [1.54, 1.807) is 0 Å². The van der Waals surface area contributed by atoms with Gasteiger partial charge in [-0.1, -0.05) is 12.1 Å². The summed E-state index contributed by atoms with van der Waals surface area (Å²) in [6.07, 6.45) is 2.26. The van der Waals surface area contributed by atoms with Gasteiger partial charge in [-0.15, -0.1) is 11.8 Å². The van der Waals surface area contributed by atoms with Crippen LogP contribution in [0.15, 0.2) is 29.2 Å². The second-order valence-corrected chi connectivity index (χ2v) is 7.32. The maximum absolute atomic E-state index is 12.8. The van der Waals surface area contributed by atoms with Gasteiger partial charge in [0.05, 0.1) is 24.0 Å². The van der Waals surface area contributed by atoms with E-state index in [1.165, 1.54) is 11.8 Å². The number of hydrogen-bond donors (Lipinski definition) is 0. The van der Waals surface area contributed by atoms with Crippen molar-refractivity contribution in [1.29, 1.82) is 0 Å². The van der Waals surface area contributed by atoms with Crippen LogP contribution in [-0.4, -0.2) is 66.3 Å². The summed E-state index contributed by atoms with van der Waals surface area (Å²) in [6.45, 7) is 5.53. The van der Waals surface area contributed by atoms with Gasteiger partial charge in [0.25, 0.3) is 5.91 Å². The molecule has 2 saturated heterocycles. The Morgan fingerprint density at radius 2 is 1.92 bits per heavy atom. The Morgan fingerprint density at radius 1 is 1.17 bits per heavy atom. The van der Waals surface area contributed by atoms with Gasteiger partial charge in [0.2, 0.25) is 5.91 Å². The summed E-state index contributed by atoms with van der Waals surface area (Å²) >= 11 is 1.47. The van der Waals surface area contributed by atoms with Crippen molar-refractivity contribution in [2.45, 2.75) is 30.8 Å². The van der Waals surface area contributed by atoms with Gasteiger partial charge in [-0.3, -0.25) is 9.59 Å². The number of benzene rings is 1. The summed E-state index contributed by atoms with van der Waals surface area (Å²) in [5.41, 5.74) is 0.686. The van der Waals surface area contributed by atoms with Crippen molar-refractivity contribution in [3.05, 3.63) is 29.8 Å². The van der Waals surface area contributed by atoms with Crippen molar-refractivity contribution in [3.8, 4) is 0 Å². The van der Waals surface area contributed by atoms with Gasteiger partial charge >= 0.3 is 0 Å². The van der Waals surface area contributed by atoms with E-state index < -0.39 is 0 Å². The molecule has 2 amide bonds. The molecule has 1 atom stereocenters. The molecule has 0 bridgehead atoms. The number of nitrogens with zero attached hydrogens (tertiary/aromatic N) is 2. The first kappa shape index (κ1) is 17.3. The lowest BCUT2D eigenvalue weighted by Gasteiger charge is -2.31. The molecule has 130 valence electrons. The number of likely N-dealkylation sites (tertiary alicyclic amines) is 1. The van der Waals surface area contributed by atoms with Crippen molar-refractivity contribution < 1.29 is 14.3 Å². The highest BCUT2D eigenvalue weighted by molar-refractivity contribution is 8.00. The van der Waals surface area contributed by atoms with Crippen LogP contribution < -0.4 is 0 Å². The fraction of sp³-hybridized carbons (Fsp3) is 0.556. The van der Waals surface area contributed by atoms with E-state index in [2.05, 4.69) is 0 Å². The molecular weight excluding hydrogens is 324 g/mol. The van der Waals surface area contributed by atoms with E-state index in [-0.39, 0.29) is 17.9 Å². The second kappa shape index (κ2) is 8.03. The number of hydrogen-bond acceptors (Lipinski definition) is 4. The number of ether oxygens (including phenoxy) is 1. The fourth-order valence-electron chi connectivity index (χ4n) is 3.14. The minimum absolute atomic E-state index is 0.0295. The molecule has 0 saturated carbocycles. The van der Waals surface area contributed by atoms with E-state index in [4.69, 9.17) is 4.74 Å². The van der Waals surface area contributed by atoms with Crippen LogP contribution in [0.5, 0.6) is 0 Å². The van der Waals surface area contributed by atoms with Crippen LogP contribution in [-0.2, 0) is 9.53 Å². The van der Waals surface area contributed by atoms with Crippen molar-refractivity contribution in [1.82, 2.24) is 9.80 Å². The molecule has 2 aliphatic rings. The zero-order valence-electron chi connectivity index (χ0n) is 14.1. The third-order valence-corrected chi connectivity index (χ3v) is 5.51. The van der Waals surface area contributed by atoms with Crippen LogP contribution >= 0.6 is 11.8 Å². The van der Waals surface area contributed by atoms with Gasteiger partial charge in [0.15, 0.2) is 0 Å². The summed E-state index contributed by atoms with van der Waals surface area (Å²) in [7, 11) is 0. The van der Waals surface area contributed by atoms with Gasteiger partial charge in [-0.2, -0.15) is 0 Å². The molecule has 5 nitrogen and oxygen atoms in total. The lowest BCUT2D eigenvalue weighted by atomic mass is 10.2. The van der Waals surface area contributed by atoms with E-state index >= 15 is 0 Å². The molecule has 0 aliphatic carbocycles. The zero-order chi connectivity index (χ0) is 16.9. The maximum Gasteiger partial charge on any atom is 0.255 e. The Kier molecular flexibility index (Phi) is 5.79. The van der Waals surface area contributed by atoms with E-state index in [0.717, 1.165) is 30.8 Å². The van der Waals surface area contributed by atoms with Crippen LogP contribution in [0.2, 0.25) is 0 Å². The molecule has 2 aliphatic heterocycles. The zero-order valence-corrected chi connectivity index (χ0v) is 14.9. The number of carbonyl (C=O) groups excluding carboxylic acids is 2. The van der Waals surface area contributed by atoms with Crippen LogP contribution in [0, 0.1) is 0 Å². The second-order valence-electron chi connectivity index (χ2n) is 6.31. The highest BCUT2D eigenvalue weighted by atomic mass is 32.2. The molecule has 0 aromatic heterocycles. The van der Waals surface area contributed by atoms with Crippen molar-refractivity contribution in [3.63, 3.8) is 0 Å². The molecule has 2 fully saturated rings. The standard InChI is InChI=1S/C18H24N2O3S/c1-14-12-20(10-11-23-14)18(22)15-6-2-3-7-16(15)24-13-17(21)19-8-4-5-9-19/h2-3,6-7,14H,4-5,8-13H2,1H3. The van der Waals surface area contributed by atoms with Crippen LogP contribution in [0.1, 0.15) is 30.1 Å². The Bertz CT molecular complexity index is 602. The van der Waals surface area contributed by atoms with Crippen LogP contribution in [0.25, 0.3) is 0 Å². The quantitative estimate of drug-likeness (QED) is 0.783. The molecule has 0 spiro atoms. The summed E-state index contributed by atoms with van der Waals surface area (Å²) < 4.78 is 5.51. The number of carbonyl (C=O) groups is 2. The highest BCUT2D eigenvalue weighted by Gasteiger charge is 2.25. The summed E-state index contributed by atoms with van der Waals surface area (Å²) in [6, 6.07) is 7.58. The minimum atomic E-state index is 0.0295. The van der Waals surface area contributed by atoms with Gasteiger partial charge < -0.3 is 14.5 Å². The molecule has 0 N–H and O–H groups in total. The summed E-state index contributed by atoms with van der Waals surface area (Å²) in [4.78, 5) is 29.7. The fourth-order valence-corrected chi connectivity index (χ4v) is 4.09. The molecule has 24 heavy (non-hydrogen) atoms. The average Bonchev–Trinajstić information content (AvgIpc) is 3.14. The molecule has 1 unspecified atom stereocenters. The van der Waals surface area contributed by atoms with E-state index in [9.17, 15) is 9.59 Å². The van der Waals surface area contributed by atoms with Crippen molar-refractivity contribution in [2.24, 2.45) is 0 Å². The molecule has 1 aromatic rings. The van der Waals surface area contributed by atoms with Crippen molar-refractivity contribution in [2.75, 3.05) is 38.5 Å². The average molecular weight is 348 g/mol. The van der Waals surface area contributed by atoms with Crippen LogP contribution in [0.3, 0.4) is 0 Å². The minimum Gasteiger partial charge on any atom is -0.375 e. The normalized spacial score (nSPS) is 21.1. The van der Waals surface area contributed by atoms with Gasteiger partial charge in [-0.25, -0.2) is 0 Å². The molecular formula is C18H24N2O3S. The molecule has 2 heterocycles. The number of rotatable bonds is 4.